The van der Waals surface area contributed by atoms with Crippen molar-refractivity contribution in [1.29, 1.82) is 0 Å². The van der Waals surface area contributed by atoms with Crippen LogP contribution in [0, 0.1) is 17.7 Å². The number of halogens is 1. The number of benzene rings is 1. The maximum Gasteiger partial charge on any atom is 0.326 e. The molecule has 0 aromatic heterocycles. The molecule has 3 N–H and O–H groups in total. The Balaban J connectivity index is 3.12. The highest BCUT2D eigenvalue weighted by molar-refractivity contribution is 5.97. The Morgan fingerprint density at radius 2 is 1.52 bits per heavy atom. The number of esters is 2. The number of rotatable bonds is 10. The molecule has 11 heteroatoms. The number of hydrogen-bond acceptors (Lipinski definition) is 7. The molecule has 10 nitrogen and oxygen atoms in total. The predicted octanol–water partition coefficient (Wildman–Crippen LogP) is 0.0406. The molecule has 0 saturated heterocycles. The van der Waals surface area contributed by atoms with Gasteiger partial charge in [-0.3, -0.25) is 19.2 Å². The molecular weight excluding hydrogens is 415 g/mol. The van der Waals surface area contributed by atoms with Gasteiger partial charge in [-0.25, -0.2) is 9.18 Å². The van der Waals surface area contributed by atoms with Gasteiger partial charge in [-0.1, -0.05) is 19.1 Å². The molecule has 0 aliphatic heterocycles. The highest BCUT2D eigenvalue weighted by Crippen LogP contribution is 2.20. The second-order valence-corrected chi connectivity index (χ2v) is 6.79. The Morgan fingerprint density at radius 3 is 1.94 bits per heavy atom. The number of ether oxygens (including phenoxy) is 2. The average molecular weight is 440 g/mol. The Hall–Kier alpha value is -3.50. The van der Waals surface area contributed by atoms with Crippen molar-refractivity contribution in [3.05, 3.63) is 35.6 Å². The molecule has 1 rings (SSSR count). The van der Waals surface area contributed by atoms with E-state index in [9.17, 15) is 33.5 Å². The molecule has 0 radical (unpaired) electrons. The van der Waals surface area contributed by atoms with Gasteiger partial charge in [0, 0.05) is 19.3 Å². The minimum absolute atomic E-state index is 0.0517. The number of aliphatic carboxylic acids is 1. The van der Waals surface area contributed by atoms with Crippen molar-refractivity contribution >= 4 is 29.7 Å². The van der Waals surface area contributed by atoms with Crippen molar-refractivity contribution in [2.75, 3.05) is 14.2 Å². The van der Waals surface area contributed by atoms with Crippen molar-refractivity contribution in [2.45, 2.75) is 32.4 Å². The first-order valence-corrected chi connectivity index (χ1v) is 9.22. The van der Waals surface area contributed by atoms with Gasteiger partial charge in [-0.15, -0.1) is 0 Å². The number of carbonyl (C=O) groups excluding carboxylic acids is 4. The molecule has 0 bridgehead atoms. The van der Waals surface area contributed by atoms with Crippen LogP contribution in [-0.2, 0) is 39.9 Å². The fourth-order valence-electron chi connectivity index (χ4n) is 2.95. The van der Waals surface area contributed by atoms with E-state index in [1.165, 1.54) is 38.1 Å². The minimum Gasteiger partial charge on any atom is -0.480 e. The van der Waals surface area contributed by atoms with Crippen LogP contribution in [0.1, 0.15) is 19.4 Å². The quantitative estimate of drug-likeness (QED) is 0.341. The van der Waals surface area contributed by atoms with E-state index in [1.54, 1.807) is 0 Å². The van der Waals surface area contributed by atoms with Crippen LogP contribution in [0.4, 0.5) is 4.39 Å². The summed E-state index contributed by atoms with van der Waals surface area (Å²) in [4.78, 5) is 60.1. The third kappa shape index (κ3) is 7.36. The molecule has 1 aromatic rings. The second kappa shape index (κ2) is 11.6. The summed E-state index contributed by atoms with van der Waals surface area (Å²) in [5.74, 6) is -8.31. The fraction of sp³-hybridized carbons (Fsp3) is 0.450. The minimum atomic E-state index is -1.68. The van der Waals surface area contributed by atoms with E-state index < -0.39 is 59.5 Å². The largest absolute Gasteiger partial charge is 0.480 e. The molecule has 0 aliphatic rings. The third-order valence-electron chi connectivity index (χ3n) is 4.57. The van der Waals surface area contributed by atoms with Gasteiger partial charge in [0.25, 0.3) is 0 Å². The number of carboxylic acid groups (broad SMARTS) is 1. The van der Waals surface area contributed by atoms with Gasteiger partial charge < -0.3 is 25.2 Å². The molecule has 0 saturated carbocycles. The Morgan fingerprint density at radius 1 is 1.00 bits per heavy atom. The summed E-state index contributed by atoms with van der Waals surface area (Å²) in [6.07, 6.45) is -0.0517. The maximum absolute atomic E-state index is 13.1. The van der Waals surface area contributed by atoms with Crippen LogP contribution >= 0.6 is 0 Å². The molecule has 31 heavy (non-hydrogen) atoms. The van der Waals surface area contributed by atoms with Crippen LogP contribution in [0.2, 0.25) is 0 Å². The average Bonchev–Trinajstić information content (AvgIpc) is 2.71. The first kappa shape index (κ1) is 25.5. The molecule has 0 unspecified atom stereocenters. The molecule has 170 valence electrons. The Labute approximate surface area is 178 Å². The topological polar surface area (TPSA) is 148 Å². The van der Waals surface area contributed by atoms with E-state index in [-0.39, 0.29) is 6.42 Å². The van der Waals surface area contributed by atoms with Crippen molar-refractivity contribution in [2.24, 2.45) is 11.8 Å². The lowest BCUT2D eigenvalue weighted by Gasteiger charge is -2.27. The van der Waals surface area contributed by atoms with E-state index in [0.717, 1.165) is 14.2 Å². The molecule has 0 fully saturated rings. The standard InChI is InChI=1S/C20H25FN2O8/c1-10(15(19(28)30-3)20(29)31-4)16(18(26)27)23-17(25)14(22-11(2)24)9-12-5-7-13(21)8-6-12/h5-8,10,14-16H,9H2,1-4H3,(H,22,24)(H,23,25)(H,26,27)/t10-,14-,16+/m0/s1. The van der Waals surface area contributed by atoms with E-state index in [4.69, 9.17) is 0 Å². The normalized spacial score (nSPS) is 13.5. The summed E-state index contributed by atoms with van der Waals surface area (Å²) in [6.45, 7) is 2.44. The van der Waals surface area contributed by atoms with E-state index in [1.807, 2.05) is 0 Å². The van der Waals surface area contributed by atoms with Crippen molar-refractivity contribution in [1.82, 2.24) is 10.6 Å². The van der Waals surface area contributed by atoms with Crippen molar-refractivity contribution in [3.63, 3.8) is 0 Å². The number of methoxy groups -OCH3 is 2. The molecule has 1 aromatic carbocycles. The Kier molecular flexibility index (Phi) is 9.58. The lowest BCUT2D eigenvalue weighted by molar-refractivity contribution is -0.163. The summed E-state index contributed by atoms with van der Waals surface area (Å²) < 4.78 is 22.2. The zero-order valence-corrected chi connectivity index (χ0v) is 17.5. The number of carbonyl (C=O) groups is 5. The van der Waals surface area contributed by atoms with Gasteiger partial charge in [0.1, 0.15) is 17.9 Å². The molecule has 2 amide bonds. The molecule has 0 aliphatic carbocycles. The zero-order chi connectivity index (χ0) is 23.7. The van der Waals surface area contributed by atoms with Crippen LogP contribution in [0.15, 0.2) is 24.3 Å². The first-order valence-electron chi connectivity index (χ1n) is 9.22. The van der Waals surface area contributed by atoms with Crippen LogP contribution in [0.5, 0.6) is 0 Å². The molecule has 0 heterocycles. The van der Waals surface area contributed by atoms with E-state index >= 15 is 0 Å². The van der Waals surface area contributed by atoms with Crippen molar-refractivity contribution in [3.8, 4) is 0 Å². The van der Waals surface area contributed by atoms with Crippen LogP contribution in [0.25, 0.3) is 0 Å². The van der Waals surface area contributed by atoms with E-state index in [2.05, 4.69) is 20.1 Å². The summed E-state index contributed by atoms with van der Waals surface area (Å²) in [7, 11) is 2.05. The van der Waals surface area contributed by atoms with Crippen LogP contribution in [-0.4, -0.2) is 61.1 Å². The van der Waals surface area contributed by atoms with Crippen LogP contribution < -0.4 is 10.6 Å². The molecular formula is C20H25FN2O8. The summed E-state index contributed by atoms with van der Waals surface area (Å²) >= 11 is 0. The van der Waals surface area contributed by atoms with Gasteiger partial charge >= 0.3 is 17.9 Å². The predicted molar refractivity (Wildman–Crippen MR) is 104 cm³/mol. The summed E-state index contributed by atoms with van der Waals surface area (Å²) in [5, 5.41) is 14.2. The van der Waals surface area contributed by atoms with E-state index in [0.29, 0.717) is 5.56 Å². The zero-order valence-electron chi connectivity index (χ0n) is 17.5. The lowest BCUT2D eigenvalue weighted by Crippen LogP contribution is -2.56. The molecule has 0 spiro atoms. The van der Waals surface area contributed by atoms with Gasteiger partial charge in [-0.05, 0) is 17.7 Å². The Bertz CT molecular complexity index is 811. The highest BCUT2D eigenvalue weighted by Gasteiger charge is 2.42. The smallest absolute Gasteiger partial charge is 0.326 e. The number of hydrogen-bond donors (Lipinski definition) is 3. The molecule has 3 atom stereocenters. The van der Waals surface area contributed by atoms with Gasteiger partial charge in [0.2, 0.25) is 11.8 Å². The summed E-state index contributed by atoms with van der Waals surface area (Å²) in [6, 6.07) is 2.32. The fourth-order valence-corrected chi connectivity index (χ4v) is 2.95. The number of nitrogens with one attached hydrogen (secondary N) is 2. The van der Waals surface area contributed by atoms with Crippen molar-refractivity contribution < 1.29 is 42.9 Å². The summed E-state index contributed by atoms with van der Waals surface area (Å²) in [5.41, 5.74) is 0.511. The lowest BCUT2D eigenvalue weighted by atomic mass is 9.87. The second-order valence-electron chi connectivity index (χ2n) is 6.79. The van der Waals surface area contributed by atoms with Gasteiger partial charge in [0.15, 0.2) is 5.92 Å². The maximum atomic E-state index is 13.1. The first-order chi connectivity index (χ1) is 14.5. The third-order valence-corrected chi connectivity index (χ3v) is 4.57. The number of carboxylic acids is 1. The highest BCUT2D eigenvalue weighted by atomic mass is 19.1. The SMILES string of the molecule is COC(=O)C(C(=O)OC)[C@H](C)[C@@H](NC(=O)[C@H](Cc1ccc(F)cc1)NC(C)=O)C(=O)O. The van der Waals surface area contributed by atoms with Crippen LogP contribution in [0.3, 0.4) is 0 Å². The van der Waals surface area contributed by atoms with Gasteiger partial charge in [0.05, 0.1) is 14.2 Å². The number of amides is 2. The van der Waals surface area contributed by atoms with Gasteiger partial charge in [-0.2, -0.15) is 0 Å². The monoisotopic (exact) mass is 440 g/mol.